The average Bonchev–Trinajstić information content (AvgIpc) is 2.65. The van der Waals surface area contributed by atoms with Crippen LogP contribution < -0.4 is 14.2 Å². The van der Waals surface area contributed by atoms with Crippen molar-refractivity contribution >= 4 is 0 Å². The second-order valence-corrected chi connectivity index (χ2v) is 5.20. The van der Waals surface area contributed by atoms with Crippen LogP contribution in [-0.2, 0) is 0 Å². The maximum absolute atomic E-state index is 8.63. The van der Waals surface area contributed by atoms with E-state index in [0.29, 0.717) is 25.6 Å². The maximum Gasteiger partial charge on any atom is 0.161 e. The molecule has 0 spiro atoms. The Hall–Kier alpha value is -2.24. The summed E-state index contributed by atoms with van der Waals surface area (Å²) in [5.41, 5.74) is 1.10. The van der Waals surface area contributed by atoms with Crippen molar-refractivity contribution in [3.63, 3.8) is 0 Å². The fourth-order valence-corrected chi connectivity index (χ4v) is 1.93. The summed E-state index contributed by atoms with van der Waals surface area (Å²) in [4.78, 5) is 0. The van der Waals surface area contributed by atoms with E-state index in [1.165, 1.54) is 0 Å². The molecule has 2 rings (SSSR count). The van der Waals surface area contributed by atoms with Crippen molar-refractivity contribution in [2.45, 2.75) is 20.3 Å². The molecule has 5 nitrogen and oxygen atoms in total. The molecule has 0 aliphatic rings. The SMILES string of the molecule is CCCOc1ccccc1OCCO.Cc1ccccc1OCCO. The molecule has 0 amide bonds. The smallest absolute Gasteiger partial charge is 0.161 e. The van der Waals surface area contributed by atoms with E-state index in [1.807, 2.05) is 55.5 Å². The summed E-state index contributed by atoms with van der Waals surface area (Å²) in [5, 5.41) is 17.1. The van der Waals surface area contributed by atoms with Gasteiger partial charge in [0, 0.05) is 0 Å². The van der Waals surface area contributed by atoms with Crippen LogP contribution in [0.3, 0.4) is 0 Å². The van der Waals surface area contributed by atoms with Crippen LogP contribution in [0.5, 0.6) is 17.2 Å². The van der Waals surface area contributed by atoms with Gasteiger partial charge in [0.1, 0.15) is 19.0 Å². The summed E-state index contributed by atoms with van der Waals surface area (Å²) in [6.07, 6.45) is 0.967. The molecule has 5 heteroatoms. The van der Waals surface area contributed by atoms with Crippen molar-refractivity contribution in [3.05, 3.63) is 54.1 Å². The van der Waals surface area contributed by atoms with Crippen molar-refractivity contribution in [2.75, 3.05) is 33.0 Å². The Labute approximate surface area is 149 Å². The molecule has 0 aliphatic carbocycles. The lowest BCUT2D eigenvalue weighted by Gasteiger charge is -2.10. The van der Waals surface area contributed by atoms with Crippen molar-refractivity contribution in [3.8, 4) is 17.2 Å². The van der Waals surface area contributed by atoms with Crippen molar-refractivity contribution < 1.29 is 24.4 Å². The lowest BCUT2D eigenvalue weighted by Crippen LogP contribution is -2.04. The van der Waals surface area contributed by atoms with Gasteiger partial charge in [-0.05, 0) is 37.1 Å². The Bertz CT molecular complexity index is 559. The van der Waals surface area contributed by atoms with Crippen LogP contribution in [0.1, 0.15) is 18.9 Å². The molecule has 2 N–H and O–H groups in total. The standard InChI is InChI=1S/C11H16O3.C9H12O2/c1-2-8-13-10-5-3-4-6-11(10)14-9-7-12;1-8-4-2-3-5-9(8)11-7-6-10/h3-6,12H,2,7-9H2,1H3;2-5,10H,6-7H2,1H3. The van der Waals surface area contributed by atoms with Gasteiger partial charge >= 0.3 is 0 Å². The Balaban J connectivity index is 0.000000257. The lowest BCUT2D eigenvalue weighted by molar-refractivity contribution is 0.193. The van der Waals surface area contributed by atoms with Gasteiger partial charge in [-0.1, -0.05) is 37.3 Å². The molecule has 2 aromatic rings. The Morgan fingerprint density at radius 1 is 0.680 bits per heavy atom. The summed E-state index contributed by atoms with van der Waals surface area (Å²) in [6.45, 7) is 5.46. The first kappa shape index (κ1) is 20.8. The Morgan fingerprint density at radius 3 is 1.60 bits per heavy atom. The van der Waals surface area contributed by atoms with Gasteiger partial charge in [0.2, 0.25) is 0 Å². The van der Waals surface area contributed by atoms with Crippen LogP contribution in [0.25, 0.3) is 0 Å². The van der Waals surface area contributed by atoms with E-state index in [9.17, 15) is 0 Å². The highest BCUT2D eigenvalue weighted by molar-refractivity contribution is 5.39. The van der Waals surface area contributed by atoms with Crippen molar-refractivity contribution in [2.24, 2.45) is 0 Å². The van der Waals surface area contributed by atoms with Gasteiger partial charge in [-0.25, -0.2) is 0 Å². The zero-order chi connectivity index (χ0) is 18.3. The highest BCUT2D eigenvalue weighted by atomic mass is 16.5. The highest BCUT2D eigenvalue weighted by Gasteiger charge is 2.02. The van der Waals surface area contributed by atoms with Crippen LogP contribution in [0.15, 0.2) is 48.5 Å². The molecule has 0 aliphatic heterocycles. The number of aliphatic hydroxyl groups is 2. The fourth-order valence-electron chi connectivity index (χ4n) is 1.93. The van der Waals surface area contributed by atoms with Crippen molar-refractivity contribution in [1.82, 2.24) is 0 Å². The number of ether oxygens (including phenoxy) is 3. The first-order valence-electron chi connectivity index (χ1n) is 8.47. The average molecular weight is 348 g/mol. The molecule has 0 unspecified atom stereocenters. The van der Waals surface area contributed by atoms with Gasteiger partial charge in [0.15, 0.2) is 11.5 Å². The number of aliphatic hydroxyl groups excluding tert-OH is 2. The first-order valence-corrected chi connectivity index (χ1v) is 8.47. The summed E-state index contributed by atoms with van der Waals surface area (Å²) in [6, 6.07) is 15.2. The predicted molar refractivity (Wildman–Crippen MR) is 98.6 cm³/mol. The Morgan fingerprint density at radius 2 is 1.12 bits per heavy atom. The predicted octanol–water partition coefficient (Wildman–Crippen LogP) is 3.21. The van der Waals surface area contributed by atoms with E-state index in [0.717, 1.165) is 23.5 Å². The molecule has 0 saturated heterocycles. The van der Waals surface area contributed by atoms with E-state index >= 15 is 0 Å². The second kappa shape index (κ2) is 13.1. The minimum Gasteiger partial charge on any atom is -0.491 e. The topological polar surface area (TPSA) is 68.2 Å². The number of aryl methyl sites for hydroxylation is 1. The number of rotatable bonds is 9. The monoisotopic (exact) mass is 348 g/mol. The van der Waals surface area contributed by atoms with E-state index in [4.69, 9.17) is 24.4 Å². The zero-order valence-corrected chi connectivity index (χ0v) is 15.0. The Kier molecular flexibility index (Phi) is 10.9. The molecule has 0 fully saturated rings. The van der Waals surface area contributed by atoms with Gasteiger partial charge in [0.05, 0.1) is 19.8 Å². The normalized spacial score (nSPS) is 9.76. The number of benzene rings is 2. The molecular weight excluding hydrogens is 320 g/mol. The van der Waals surface area contributed by atoms with Gasteiger partial charge in [0.25, 0.3) is 0 Å². The van der Waals surface area contributed by atoms with Crippen LogP contribution in [0.4, 0.5) is 0 Å². The number of hydrogen-bond donors (Lipinski definition) is 2. The first-order chi connectivity index (χ1) is 12.2. The minimum absolute atomic E-state index is 0.0160. The minimum atomic E-state index is 0.0160. The van der Waals surface area contributed by atoms with E-state index in [2.05, 4.69) is 6.92 Å². The number of hydrogen-bond acceptors (Lipinski definition) is 5. The summed E-state index contributed by atoms with van der Waals surface area (Å²) >= 11 is 0. The lowest BCUT2D eigenvalue weighted by atomic mass is 10.2. The van der Waals surface area contributed by atoms with Crippen LogP contribution in [0, 0.1) is 6.92 Å². The fraction of sp³-hybridized carbons (Fsp3) is 0.400. The maximum atomic E-state index is 8.63. The highest BCUT2D eigenvalue weighted by Crippen LogP contribution is 2.26. The van der Waals surface area contributed by atoms with Gasteiger partial charge in [-0.2, -0.15) is 0 Å². The molecule has 0 heterocycles. The van der Waals surface area contributed by atoms with E-state index < -0.39 is 0 Å². The van der Waals surface area contributed by atoms with E-state index in [-0.39, 0.29) is 13.2 Å². The quantitative estimate of drug-likeness (QED) is 0.728. The van der Waals surface area contributed by atoms with Gasteiger partial charge in [-0.15, -0.1) is 0 Å². The van der Waals surface area contributed by atoms with Crippen molar-refractivity contribution in [1.29, 1.82) is 0 Å². The van der Waals surface area contributed by atoms with Crippen LogP contribution in [0.2, 0.25) is 0 Å². The molecule has 0 aromatic heterocycles. The third-order valence-electron chi connectivity index (χ3n) is 3.10. The zero-order valence-electron chi connectivity index (χ0n) is 15.0. The third kappa shape index (κ3) is 8.42. The largest absolute Gasteiger partial charge is 0.491 e. The number of para-hydroxylation sites is 3. The summed E-state index contributed by atoms with van der Waals surface area (Å²) in [5.74, 6) is 2.28. The molecule has 0 saturated carbocycles. The molecule has 2 aromatic carbocycles. The van der Waals surface area contributed by atoms with E-state index in [1.54, 1.807) is 0 Å². The van der Waals surface area contributed by atoms with Gasteiger partial charge < -0.3 is 24.4 Å². The molecule has 138 valence electrons. The van der Waals surface area contributed by atoms with Crippen LogP contribution >= 0.6 is 0 Å². The summed E-state index contributed by atoms with van der Waals surface area (Å²) < 4.78 is 16.0. The summed E-state index contributed by atoms with van der Waals surface area (Å²) in [7, 11) is 0. The molecule has 0 bridgehead atoms. The van der Waals surface area contributed by atoms with Gasteiger partial charge in [-0.3, -0.25) is 0 Å². The molecule has 0 atom stereocenters. The third-order valence-corrected chi connectivity index (χ3v) is 3.10. The van der Waals surface area contributed by atoms with Crippen LogP contribution in [-0.4, -0.2) is 43.2 Å². The second-order valence-electron chi connectivity index (χ2n) is 5.20. The molecular formula is C20H28O5. The molecule has 0 radical (unpaired) electrons. The molecule has 25 heavy (non-hydrogen) atoms.